The van der Waals surface area contributed by atoms with Crippen LogP contribution in [-0.4, -0.2) is 42.1 Å². The normalized spacial score (nSPS) is 16.2. The van der Waals surface area contributed by atoms with E-state index in [1.807, 2.05) is 6.92 Å². The van der Waals surface area contributed by atoms with Gasteiger partial charge in [0.25, 0.3) is 0 Å². The van der Waals surface area contributed by atoms with Gasteiger partial charge in [-0.25, -0.2) is 0 Å². The zero-order chi connectivity index (χ0) is 10.6. The molecular formula is C9H14N2O3. The Hall–Kier alpha value is -1.39. The largest absolute Gasteiger partial charge is 0.355 e. The molecule has 0 aromatic heterocycles. The minimum atomic E-state index is -0.248. The van der Waals surface area contributed by atoms with Gasteiger partial charge in [-0.3, -0.25) is 14.4 Å². The number of nitrogens with one attached hydrogen (secondary N) is 1. The second-order valence-corrected chi connectivity index (χ2v) is 3.32. The maximum Gasteiger partial charge on any atom is 0.239 e. The van der Waals surface area contributed by atoms with E-state index in [4.69, 9.17) is 0 Å². The van der Waals surface area contributed by atoms with Crippen molar-refractivity contribution in [1.82, 2.24) is 10.2 Å². The fourth-order valence-electron chi connectivity index (χ4n) is 1.28. The van der Waals surface area contributed by atoms with Crippen molar-refractivity contribution >= 4 is 17.6 Å². The van der Waals surface area contributed by atoms with Gasteiger partial charge in [0.2, 0.25) is 11.8 Å². The maximum absolute atomic E-state index is 11.2. The fourth-order valence-corrected chi connectivity index (χ4v) is 1.28. The Balaban J connectivity index is 2.33. The molecule has 1 rings (SSSR count). The van der Waals surface area contributed by atoms with Crippen molar-refractivity contribution < 1.29 is 14.4 Å². The third kappa shape index (κ3) is 2.83. The third-order valence-electron chi connectivity index (χ3n) is 1.97. The molecule has 0 bridgehead atoms. The van der Waals surface area contributed by atoms with Gasteiger partial charge in [0.05, 0.1) is 19.5 Å². The molecule has 14 heavy (non-hydrogen) atoms. The lowest BCUT2D eigenvalue weighted by Crippen LogP contribution is -2.38. The van der Waals surface area contributed by atoms with Crippen LogP contribution >= 0.6 is 0 Å². The molecule has 0 spiro atoms. The van der Waals surface area contributed by atoms with Gasteiger partial charge in [0, 0.05) is 6.54 Å². The van der Waals surface area contributed by atoms with Crippen molar-refractivity contribution in [3.05, 3.63) is 0 Å². The topological polar surface area (TPSA) is 66.5 Å². The Bertz CT molecular complexity index is 263. The molecule has 5 nitrogen and oxygen atoms in total. The van der Waals surface area contributed by atoms with E-state index < -0.39 is 0 Å². The summed E-state index contributed by atoms with van der Waals surface area (Å²) in [5.74, 6) is -0.560. The Kier molecular flexibility index (Phi) is 3.62. The minimum Gasteiger partial charge on any atom is -0.355 e. The highest BCUT2D eigenvalue weighted by Crippen LogP contribution is 2.05. The summed E-state index contributed by atoms with van der Waals surface area (Å²) in [4.78, 5) is 34.5. The summed E-state index contributed by atoms with van der Waals surface area (Å²) in [5.41, 5.74) is 0. The lowest BCUT2D eigenvalue weighted by atomic mass is 10.3. The number of hydrogen-bond acceptors (Lipinski definition) is 3. The summed E-state index contributed by atoms with van der Waals surface area (Å²) >= 11 is 0. The number of carbonyl (C=O) groups is 3. The molecule has 5 heteroatoms. The first kappa shape index (κ1) is 10.7. The van der Waals surface area contributed by atoms with Gasteiger partial charge < -0.3 is 10.2 Å². The van der Waals surface area contributed by atoms with Gasteiger partial charge in [-0.2, -0.15) is 0 Å². The zero-order valence-electron chi connectivity index (χ0n) is 8.21. The number of hydrogen-bond donors (Lipinski definition) is 1. The smallest absolute Gasteiger partial charge is 0.239 e. The van der Waals surface area contributed by atoms with Crippen LogP contribution in [0.15, 0.2) is 0 Å². The molecule has 0 atom stereocenters. The molecule has 0 unspecified atom stereocenters. The number of rotatable bonds is 4. The second kappa shape index (κ2) is 4.74. The average Bonchev–Trinajstić information content (AvgIpc) is 2.42. The molecule has 1 aliphatic heterocycles. The maximum atomic E-state index is 11.2. The number of amides is 2. The number of Topliss-reactive ketones (excluding diaryl/α,β-unsaturated/α-hetero) is 1. The van der Waals surface area contributed by atoms with Crippen molar-refractivity contribution in [2.24, 2.45) is 0 Å². The van der Waals surface area contributed by atoms with Crippen molar-refractivity contribution in [1.29, 1.82) is 0 Å². The Morgan fingerprint density at radius 1 is 1.50 bits per heavy atom. The van der Waals surface area contributed by atoms with Gasteiger partial charge in [-0.05, 0) is 6.42 Å². The van der Waals surface area contributed by atoms with Gasteiger partial charge in [0.15, 0.2) is 5.78 Å². The molecule has 1 N–H and O–H groups in total. The highest BCUT2D eigenvalue weighted by molar-refractivity contribution is 6.06. The Morgan fingerprint density at radius 2 is 2.21 bits per heavy atom. The first-order valence-electron chi connectivity index (χ1n) is 4.69. The summed E-state index contributed by atoms with van der Waals surface area (Å²) in [5, 5.41) is 2.65. The summed E-state index contributed by atoms with van der Waals surface area (Å²) in [7, 11) is 0. The van der Waals surface area contributed by atoms with Crippen molar-refractivity contribution in [2.75, 3.05) is 19.6 Å². The van der Waals surface area contributed by atoms with E-state index >= 15 is 0 Å². The molecular weight excluding hydrogens is 184 g/mol. The van der Waals surface area contributed by atoms with Crippen LogP contribution in [0, 0.1) is 0 Å². The fraction of sp³-hybridized carbons (Fsp3) is 0.667. The third-order valence-corrected chi connectivity index (χ3v) is 1.97. The van der Waals surface area contributed by atoms with Crippen LogP contribution in [0.2, 0.25) is 0 Å². The second-order valence-electron chi connectivity index (χ2n) is 3.32. The van der Waals surface area contributed by atoms with Crippen LogP contribution in [0.1, 0.15) is 19.8 Å². The SMILES string of the molecule is CCCNC(=O)CN1CC(=O)CC1=O. The van der Waals surface area contributed by atoms with Crippen LogP contribution in [0.25, 0.3) is 0 Å². The molecule has 78 valence electrons. The van der Waals surface area contributed by atoms with E-state index in [0.717, 1.165) is 6.42 Å². The lowest BCUT2D eigenvalue weighted by molar-refractivity contribution is -0.133. The molecule has 0 saturated carbocycles. The highest BCUT2D eigenvalue weighted by atomic mass is 16.2. The zero-order valence-corrected chi connectivity index (χ0v) is 8.21. The van der Waals surface area contributed by atoms with Gasteiger partial charge in [-0.15, -0.1) is 0 Å². The monoisotopic (exact) mass is 198 g/mol. The summed E-state index contributed by atoms with van der Waals surface area (Å²) < 4.78 is 0. The molecule has 0 aliphatic carbocycles. The van der Waals surface area contributed by atoms with Gasteiger partial charge >= 0.3 is 0 Å². The van der Waals surface area contributed by atoms with Gasteiger partial charge in [0.1, 0.15) is 0 Å². The van der Waals surface area contributed by atoms with Gasteiger partial charge in [-0.1, -0.05) is 6.92 Å². The average molecular weight is 198 g/mol. The summed E-state index contributed by atoms with van der Waals surface area (Å²) in [6.45, 7) is 2.64. The molecule has 1 heterocycles. The van der Waals surface area contributed by atoms with Crippen LogP contribution in [-0.2, 0) is 14.4 Å². The van der Waals surface area contributed by atoms with Crippen LogP contribution in [0.3, 0.4) is 0 Å². The molecule has 1 fully saturated rings. The number of likely N-dealkylation sites (tertiary alicyclic amines) is 1. The van der Waals surface area contributed by atoms with Crippen LogP contribution in [0.5, 0.6) is 0 Å². The first-order chi connectivity index (χ1) is 6.63. The van der Waals surface area contributed by atoms with Crippen molar-refractivity contribution in [3.63, 3.8) is 0 Å². The summed E-state index contributed by atoms with van der Waals surface area (Å²) in [6.07, 6.45) is 0.805. The van der Waals surface area contributed by atoms with Crippen molar-refractivity contribution in [3.8, 4) is 0 Å². The quantitative estimate of drug-likeness (QED) is 0.608. The van der Waals surface area contributed by atoms with E-state index in [1.54, 1.807) is 0 Å². The minimum absolute atomic E-state index is 0.00454. The standard InChI is InChI=1S/C9H14N2O3/c1-2-3-10-8(13)6-11-5-7(12)4-9(11)14/h2-6H2,1H3,(H,10,13). The molecule has 0 radical (unpaired) electrons. The summed E-state index contributed by atoms with van der Waals surface area (Å²) in [6, 6.07) is 0. The molecule has 1 aliphatic rings. The highest BCUT2D eigenvalue weighted by Gasteiger charge is 2.28. The van der Waals surface area contributed by atoms with Crippen LogP contribution in [0.4, 0.5) is 0 Å². The van der Waals surface area contributed by atoms with E-state index in [2.05, 4.69) is 5.32 Å². The molecule has 0 aromatic rings. The Morgan fingerprint density at radius 3 is 2.71 bits per heavy atom. The molecule has 0 aromatic carbocycles. The molecule has 2 amide bonds. The van der Waals surface area contributed by atoms with Crippen LogP contribution < -0.4 is 5.32 Å². The predicted octanol–water partition coefficient (Wildman–Crippen LogP) is -0.686. The van der Waals surface area contributed by atoms with E-state index in [-0.39, 0.29) is 37.1 Å². The lowest BCUT2D eigenvalue weighted by Gasteiger charge is -2.13. The van der Waals surface area contributed by atoms with Crippen molar-refractivity contribution in [2.45, 2.75) is 19.8 Å². The predicted molar refractivity (Wildman–Crippen MR) is 49.5 cm³/mol. The van der Waals surface area contributed by atoms with E-state index in [1.165, 1.54) is 4.90 Å². The molecule has 1 saturated heterocycles. The number of carbonyl (C=O) groups excluding carboxylic acids is 3. The van der Waals surface area contributed by atoms with E-state index in [9.17, 15) is 14.4 Å². The Labute approximate surface area is 82.4 Å². The first-order valence-corrected chi connectivity index (χ1v) is 4.69. The van der Waals surface area contributed by atoms with E-state index in [0.29, 0.717) is 6.54 Å². The number of nitrogens with zero attached hydrogens (tertiary/aromatic N) is 1. The number of ketones is 1.